The predicted molar refractivity (Wildman–Crippen MR) is 43.9 cm³/mol. The summed E-state index contributed by atoms with van der Waals surface area (Å²) in [7, 11) is 1.59. The molecule has 0 aliphatic carbocycles. The molecular weight excluding hydrogens is 177 g/mol. The topological polar surface area (TPSA) is 60.0 Å². The maximum atomic E-state index is 12.0. The molecule has 0 saturated heterocycles. The van der Waals surface area contributed by atoms with Crippen molar-refractivity contribution in [2.75, 3.05) is 0 Å². The van der Waals surface area contributed by atoms with Crippen LogP contribution in [0.15, 0.2) is 4.79 Å². The number of aryl methyl sites for hydroxylation is 2. The summed E-state index contributed by atoms with van der Waals surface area (Å²) in [6.45, 7) is 1.78. The lowest BCUT2D eigenvalue weighted by atomic mass is 10.4. The molecule has 0 spiro atoms. The lowest BCUT2D eigenvalue weighted by Gasteiger charge is -1.98. The molecule has 0 aliphatic rings. The van der Waals surface area contributed by atoms with E-state index in [-0.39, 0.29) is 18.7 Å². The van der Waals surface area contributed by atoms with Crippen molar-refractivity contribution in [3.8, 4) is 0 Å². The lowest BCUT2D eigenvalue weighted by molar-refractivity contribution is 0.0297. The van der Waals surface area contributed by atoms with Crippen LogP contribution in [0.5, 0.6) is 0 Å². The van der Waals surface area contributed by atoms with Gasteiger partial charge in [0.2, 0.25) is 0 Å². The molecule has 74 valence electrons. The Morgan fingerprint density at radius 2 is 2.31 bits per heavy atom. The van der Waals surface area contributed by atoms with E-state index in [0.29, 0.717) is 5.82 Å². The van der Waals surface area contributed by atoms with Crippen LogP contribution in [-0.2, 0) is 13.6 Å². The third-order valence-electron chi connectivity index (χ3n) is 1.84. The van der Waals surface area contributed by atoms with Crippen LogP contribution in [0.4, 0.5) is 4.39 Å². The molecule has 6 heteroatoms. The Morgan fingerprint density at radius 3 is 2.69 bits per heavy atom. The Bertz CT molecular complexity index is 342. The van der Waals surface area contributed by atoms with Gasteiger partial charge in [-0.15, -0.1) is 0 Å². The fourth-order valence-electron chi connectivity index (χ4n) is 0.971. The Morgan fingerprint density at radius 1 is 1.69 bits per heavy atom. The van der Waals surface area contributed by atoms with Gasteiger partial charge in [0.15, 0.2) is 6.36 Å². The summed E-state index contributed by atoms with van der Waals surface area (Å²) >= 11 is 0. The first kappa shape index (κ1) is 9.91. The highest BCUT2D eigenvalue weighted by Gasteiger charge is 2.07. The molecule has 1 rings (SSSR count). The first-order chi connectivity index (χ1) is 6.02. The van der Waals surface area contributed by atoms with Crippen LogP contribution in [0.1, 0.15) is 12.2 Å². The molecule has 1 heterocycles. The molecule has 0 bridgehead atoms. The van der Waals surface area contributed by atoms with Crippen LogP contribution in [0.2, 0.25) is 0 Å². The van der Waals surface area contributed by atoms with Crippen molar-refractivity contribution in [3.63, 3.8) is 0 Å². The minimum absolute atomic E-state index is 0.0954. The summed E-state index contributed by atoms with van der Waals surface area (Å²) < 4.78 is 14.5. The van der Waals surface area contributed by atoms with Crippen LogP contribution in [0, 0.1) is 6.92 Å². The predicted octanol–water partition coefficient (Wildman–Crippen LogP) is -0.432. The molecular formula is C7H12FN3O2. The van der Waals surface area contributed by atoms with Crippen LogP contribution in [-0.4, -0.2) is 25.8 Å². The van der Waals surface area contributed by atoms with Crippen molar-refractivity contribution in [3.05, 3.63) is 16.3 Å². The second-order valence-corrected chi connectivity index (χ2v) is 2.84. The first-order valence-electron chi connectivity index (χ1n) is 3.95. The number of hydrogen-bond acceptors (Lipinski definition) is 3. The van der Waals surface area contributed by atoms with Crippen molar-refractivity contribution in [2.24, 2.45) is 7.05 Å². The zero-order valence-corrected chi connectivity index (χ0v) is 7.57. The van der Waals surface area contributed by atoms with Gasteiger partial charge in [-0.2, -0.15) is 5.10 Å². The molecule has 0 fully saturated rings. The van der Waals surface area contributed by atoms with E-state index in [1.54, 1.807) is 14.0 Å². The summed E-state index contributed by atoms with van der Waals surface area (Å²) in [5.74, 6) is 0.568. The number of nitrogens with zero attached hydrogens (tertiary/aromatic N) is 3. The van der Waals surface area contributed by atoms with E-state index in [1.807, 2.05) is 0 Å². The molecule has 0 saturated carbocycles. The molecule has 13 heavy (non-hydrogen) atoms. The fraction of sp³-hybridized carbons (Fsp3) is 0.714. The van der Waals surface area contributed by atoms with Gasteiger partial charge in [-0.1, -0.05) is 0 Å². The Labute approximate surface area is 74.4 Å². The summed E-state index contributed by atoms with van der Waals surface area (Å²) in [4.78, 5) is 11.3. The quantitative estimate of drug-likeness (QED) is 0.701. The van der Waals surface area contributed by atoms with E-state index in [2.05, 4.69) is 5.10 Å². The van der Waals surface area contributed by atoms with Crippen molar-refractivity contribution in [1.82, 2.24) is 14.3 Å². The van der Waals surface area contributed by atoms with Crippen molar-refractivity contribution >= 4 is 0 Å². The number of aliphatic hydroxyl groups is 1. The molecule has 0 unspecified atom stereocenters. The zero-order chi connectivity index (χ0) is 10.0. The second kappa shape index (κ2) is 3.69. The Balaban J connectivity index is 2.79. The van der Waals surface area contributed by atoms with Crippen LogP contribution < -0.4 is 5.69 Å². The van der Waals surface area contributed by atoms with Crippen LogP contribution in [0.3, 0.4) is 0 Å². The van der Waals surface area contributed by atoms with Crippen LogP contribution in [0.25, 0.3) is 0 Å². The minimum atomic E-state index is -1.89. The van der Waals surface area contributed by atoms with Gasteiger partial charge >= 0.3 is 5.69 Å². The molecule has 0 radical (unpaired) electrons. The van der Waals surface area contributed by atoms with E-state index in [9.17, 15) is 9.18 Å². The van der Waals surface area contributed by atoms with Gasteiger partial charge < -0.3 is 5.11 Å². The fourth-order valence-corrected chi connectivity index (χ4v) is 0.971. The molecule has 0 aromatic carbocycles. The van der Waals surface area contributed by atoms with Gasteiger partial charge in [0.1, 0.15) is 5.82 Å². The number of aliphatic hydroxyl groups excluding tert-OH is 1. The standard InChI is InChI=1S/C7H12FN3O2/c1-5-9-11(4-3-6(8)12)7(13)10(5)2/h6,12H,3-4H2,1-2H3/t6-/m0/s1. The zero-order valence-electron chi connectivity index (χ0n) is 7.57. The third kappa shape index (κ3) is 2.15. The maximum absolute atomic E-state index is 12.0. The SMILES string of the molecule is Cc1nn(CC[C@H](O)F)c(=O)n1C. The maximum Gasteiger partial charge on any atom is 0.345 e. The van der Waals surface area contributed by atoms with Gasteiger partial charge in [-0.05, 0) is 6.92 Å². The van der Waals surface area contributed by atoms with Crippen molar-refractivity contribution in [1.29, 1.82) is 0 Å². The summed E-state index contributed by atoms with van der Waals surface area (Å²) in [6, 6.07) is 0. The number of hydrogen-bond donors (Lipinski definition) is 1. The average Bonchev–Trinajstić information content (AvgIpc) is 2.29. The van der Waals surface area contributed by atoms with E-state index < -0.39 is 6.36 Å². The van der Waals surface area contributed by atoms with E-state index in [0.717, 1.165) is 4.68 Å². The minimum Gasteiger partial charge on any atom is -0.364 e. The molecule has 0 amide bonds. The van der Waals surface area contributed by atoms with Gasteiger partial charge in [0, 0.05) is 13.5 Å². The first-order valence-corrected chi connectivity index (χ1v) is 3.95. The molecule has 1 N–H and O–H groups in total. The van der Waals surface area contributed by atoms with Crippen LogP contribution >= 0.6 is 0 Å². The van der Waals surface area contributed by atoms with Crippen molar-refractivity contribution < 1.29 is 9.50 Å². The normalized spacial score (nSPS) is 13.2. The van der Waals surface area contributed by atoms with Gasteiger partial charge in [-0.25, -0.2) is 13.9 Å². The molecule has 1 aromatic heterocycles. The summed E-state index contributed by atoms with van der Waals surface area (Å²) in [6.07, 6.45) is -2.01. The highest BCUT2D eigenvalue weighted by Crippen LogP contribution is 1.95. The largest absolute Gasteiger partial charge is 0.364 e. The van der Waals surface area contributed by atoms with E-state index in [1.165, 1.54) is 4.57 Å². The number of aromatic nitrogens is 3. The monoisotopic (exact) mass is 189 g/mol. The van der Waals surface area contributed by atoms with Gasteiger partial charge in [0.05, 0.1) is 6.54 Å². The van der Waals surface area contributed by atoms with E-state index in [4.69, 9.17) is 5.11 Å². The summed E-state index contributed by atoms with van der Waals surface area (Å²) in [5, 5.41) is 12.2. The highest BCUT2D eigenvalue weighted by atomic mass is 19.1. The summed E-state index contributed by atoms with van der Waals surface area (Å²) in [5.41, 5.74) is -0.293. The molecule has 1 aromatic rings. The van der Waals surface area contributed by atoms with Gasteiger partial charge in [-0.3, -0.25) is 4.57 Å². The smallest absolute Gasteiger partial charge is 0.345 e. The average molecular weight is 189 g/mol. The van der Waals surface area contributed by atoms with Crippen molar-refractivity contribution in [2.45, 2.75) is 26.2 Å². The lowest BCUT2D eigenvalue weighted by Crippen LogP contribution is -2.24. The second-order valence-electron chi connectivity index (χ2n) is 2.84. The van der Waals surface area contributed by atoms with Gasteiger partial charge in [0.25, 0.3) is 0 Å². The Hall–Kier alpha value is -1.17. The Kier molecular flexibility index (Phi) is 2.82. The number of halogens is 1. The molecule has 5 nitrogen and oxygen atoms in total. The van der Waals surface area contributed by atoms with E-state index >= 15 is 0 Å². The highest BCUT2D eigenvalue weighted by molar-refractivity contribution is 4.81. The molecule has 0 aliphatic heterocycles. The number of alkyl halides is 1. The number of rotatable bonds is 3. The molecule has 1 atom stereocenters. The third-order valence-corrected chi connectivity index (χ3v) is 1.84.